The van der Waals surface area contributed by atoms with Crippen molar-refractivity contribution in [2.24, 2.45) is 21.1 Å². The number of aryl methyl sites for hydroxylation is 6. The average Bonchev–Trinajstić information content (AvgIpc) is 4.20. The molecule has 0 unspecified atom stereocenters. The van der Waals surface area contributed by atoms with E-state index >= 15 is 0 Å². The third kappa shape index (κ3) is 8.13. The minimum atomic E-state index is -0.533. The summed E-state index contributed by atoms with van der Waals surface area (Å²) in [6.45, 7) is 19.0. The van der Waals surface area contributed by atoms with Crippen LogP contribution < -0.4 is 14.6 Å². The van der Waals surface area contributed by atoms with Crippen LogP contribution in [0.3, 0.4) is 0 Å². The van der Waals surface area contributed by atoms with E-state index in [0.29, 0.717) is 56.0 Å². The summed E-state index contributed by atoms with van der Waals surface area (Å²) in [4.78, 5) is 64.3. The summed E-state index contributed by atoms with van der Waals surface area (Å²) in [6, 6.07) is 11.5. The fraction of sp³-hybridized carbons (Fsp3) is 0.222. The first-order chi connectivity index (χ1) is 33.9. The summed E-state index contributed by atoms with van der Waals surface area (Å²) in [6.07, 6.45) is 14.6. The second kappa shape index (κ2) is 18.2. The summed E-state index contributed by atoms with van der Waals surface area (Å²) in [5.74, 6) is -0.921. The third-order valence-electron chi connectivity index (χ3n) is 13.0. The van der Waals surface area contributed by atoms with E-state index in [0.717, 1.165) is 55.7 Å². The number of nitrogens with one attached hydrogen (secondary N) is 1. The Labute approximate surface area is 410 Å². The van der Waals surface area contributed by atoms with Gasteiger partial charge < -0.3 is 24.4 Å². The van der Waals surface area contributed by atoms with Crippen LogP contribution >= 0.6 is 0 Å². The Morgan fingerprint density at radius 1 is 0.704 bits per heavy atom. The van der Waals surface area contributed by atoms with Crippen LogP contribution in [0.15, 0.2) is 105 Å². The van der Waals surface area contributed by atoms with E-state index < -0.39 is 5.97 Å². The molecule has 0 fully saturated rings. The van der Waals surface area contributed by atoms with Crippen LogP contribution in [0.2, 0.25) is 0 Å². The summed E-state index contributed by atoms with van der Waals surface area (Å²) in [7, 11) is 8.95. The molecular formula is C54H54N12O5. The molecule has 0 aliphatic carbocycles. The quantitative estimate of drug-likeness (QED) is 0.0866. The molecule has 0 aliphatic heterocycles. The Morgan fingerprint density at radius 3 is 1.96 bits per heavy atom. The van der Waals surface area contributed by atoms with Gasteiger partial charge in [0.15, 0.2) is 11.4 Å². The van der Waals surface area contributed by atoms with Gasteiger partial charge in [0.2, 0.25) is 11.8 Å². The fourth-order valence-corrected chi connectivity index (χ4v) is 9.17. The van der Waals surface area contributed by atoms with Crippen molar-refractivity contribution in [3.05, 3.63) is 133 Å². The van der Waals surface area contributed by atoms with Gasteiger partial charge in [-0.25, -0.2) is 14.8 Å². The molecule has 1 N–H and O–H groups in total. The number of ether oxygens (including phenoxy) is 1. The monoisotopic (exact) mass is 950 g/mol. The SMILES string of the molecule is C=CC(=O)N(C)c1cc(-c2c(-c3cnn(C)c3)n(Oc3ccc(-c4c(-c5cnn(C)c5)[nH]c5ncc(-c6cnn(C)c6C)c(C)c45)cc3N(C)C(=O)C=C)c3ncc(C(=O)OC(C)C)c(C)c23)ccc1C. The van der Waals surface area contributed by atoms with Crippen molar-refractivity contribution in [3.8, 4) is 61.6 Å². The zero-order valence-electron chi connectivity index (χ0n) is 41.6. The lowest BCUT2D eigenvalue weighted by Gasteiger charge is -2.22. The fourth-order valence-electron chi connectivity index (χ4n) is 9.17. The number of carbonyl (C=O) groups is 3. The number of rotatable bonds is 13. The van der Waals surface area contributed by atoms with Gasteiger partial charge in [0.25, 0.3) is 0 Å². The average molecular weight is 951 g/mol. The second-order valence-electron chi connectivity index (χ2n) is 17.9. The predicted octanol–water partition coefficient (Wildman–Crippen LogP) is 9.39. The second-order valence-corrected chi connectivity index (χ2v) is 17.9. The molecule has 360 valence electrons. The van der Waals surface area contributed by atoms with E-state index in [1.54, 1.807) is 54.4 Å². The molecule has 2 aromatic carbocycles. The number of hydrogen-bond donors (Lipinski definition) is 1. The Kier molecular flexibility index (Phi) is 12.1. The van der Waals surface area contributed by atoms with Crippen molar-refractivity contribution in [1.29, 1.82) is 0 Å². The Bertz CT molecular complexity index is 3660. The lowest BCUT2D eigenvalue weighted by molar-refractivity contribution is -0.114. The number of nitrogens with zero attached hydrogens (tertiary/aromatic N) is 11. The topological polar surface area (TPSA) is 176 Å². The maximum atomic E-state index is 13.8. The number of H-pyrrole nitrogens is 1. The van der Waals surface area contributed by atoms with Gasteiger partial charge in [-0.05, 0) is 99.7 Å². The molecule has 0 bridgehead atoms. The number of likely N-dealkylation sites (N-methyl/N-ethyl adjacent to an activating group) is 2. The largest absolute Gasteiger partial charge is 0.459 e. The number of fused-ring (bicyclic) bond motifs is 2. The Balaban J connectivity index is 1.33. The molecule has 17 nitrogen and oxygen atoms in total. The Hall–Kier alpha value is -8.86. The van der Waals surface area contributed by atoms with Gasteiger partial charge in [0.05, 0.1) is 41.6 Å². The number of pyridine rings is 2. The van der Waals surface area contributed by atoms with Crippen molar-refractivity contribution in [1.82, 2.24) is 49.0 Å². The van der Waals surface area contributed by atoms with Crippen LogP contribution in [0.1, 0.15) is 46.6 Å². The van der Waals surface area contributed by atoms with E-state index in [1.165, 1.54) is 28.1 Å². The number of aromatic amines is 1. The minimum absolute atomic E-state index is 0.268. The standard InChI is InChI=1S/C54H54N12O5/c1-14-44(67)63(11)41-20-35(17-16-30(41)5)49-47-32(7)39(54(69)70-29(3)4)25-56-53(47)66(51(49)37-23-58-62(10)28-37)71-43-19-18-34(21-42(43)64(12)45(68)15-2)48-46-31(6)38(40-26-59-65(13)33(40)8)24-55-52(46)60-50(48)36-22-57-61(9)27-36/h14-29H,1-2H2,3-13H3,(H,55,60). The van der Waals surface area contributed by atoms with Crippen molar-refractivity contribution in [2.75, 3.05) is 23.9 Å². The van der Waals surface area contributed by atoms with Gasteiger partial charge in [-0.15, -0.1) is 0 Å². The number of anilines is 2. The van der Waals surface area contributed by atoms with Gasteiger partial charge in [0, 0.05) is 116 Å². The maximum absolute atomic E-state index is 13.8. The van der Waals surface area contributed by atoms with Crippen molar-refractivity contribution in [2.45, 2.75) is 47.6 Å². The van der Waals surface area contributed by atoms with Crippen molar-refractivity contribution in [3.63, 3.8) is 0 Å². The maximum Gasteiger partial charge on any atom is 0.340 e. The van der Waals surface area contributed by atoms with Gasteiger partial charge in [-0.2, -0.15) is 20.0 Å². The molecule has 0 spiro atoms. The molecule has 9 rings (SSSR count). The third-order valence-corrected chi connectivity index (χ3v) is 13.0. The van der Waals surface area contributed by atoms with Crippen molar-refractivity contribution < 1.29 is 24.0 Å². The Morgan fingerprint density at radius 2 is 1.34 bits per heavy atom. The highest BCUT2D eigenvalue weighted by molar-refractivity contribution is 6.10. The highest BCUT2D eigenvalue weighted by atomic mass is 16.7. The van der Waals surface area contributed by atoms with Crippen LogP contribution in [0.25, 0.3) is 78.0 Å². The molecule has 9 aromatic rings. The van der Waals surface area contributed by atoms with Crippen LogP contribution in [0.5, 0.6) is 5.75 Å². The highest BCUT2D eigenvalue weighted by Crippen LogP contribution is 2.47. The number of benzene rings is 2. The molecule has 0 aliphatic rings. The highest BCUT2D eigenvalue weighted by Gasteiger charge is 2.31. The first kappa shape index (κ1) is 47.2. The van der Waals surface area contributed by atoms with Crippen LogP contribution in [0.4, 0.5) is 11.4 Å². The molecule has 0 saturated heterocycles. The van der Waals surface area contributed by atoms with Crippen LogP contribution in [-0.2, 0) is 35.5 Å². The number of amides is 2. The van der Waals surface area contributed by atoms with E-state index in [1.807, 2.05) is 108 Å². The summed E-state index contributed by atoms with van der Waals surface area (Å²) < 4.78 is 12.6. The van der Waals surface area contributed by atoms with Gasteiger partial charge in [0.1, 0.15) is 11.3 Å². The molecule has 2 amide bonds. The lowest BCUT2D eigenvalue weighted by atomic mass is 9.94. The summed E-state index contributed by atoms with van der Waals surface area (Å²) >= 11 is 0. The number of hydrogen-bond acceptors (Lipinski definition) is 10. The first-order valence-electron chi connectivity index (χ1n) is 22.9. The first-order valence-corrected chi connectivity index (χ1v) is 22.9. The van der Waals surface area contributed by atoms with Gasteiger partial charge >= 0.3 is 5.97 Å². The molecule has 0 atom stereocenters. The zero-order valence-corrected chi connectivity index (χ0v) is 41.6. The predicted molar refractivity (Wildman–Crippen MR) is 276 cm³/mol. The van der Waals surface area contributed by atoms with E-state index in [-0.39, 0.29) is 29.2 Å². The zero-order chi connectivity index (χ0) is 50.7. The van der Waals surface area contributed by atoms with Gasteiger partial charge in [-0.3, -0.25) is 23.6 Å². The summed E-state index contributed by atoms with van der Waals surface area (Å²) in [5, 5.41) is 15.1. The lowest BCUT2D eigenvalue weighted by Crippen LogP contribution is -2.25. The molecule has 71 heavy (non-hydrogen) atoms. The normalized spacial score (nSPS) is 11.4. The van der Waals surface area contributed by atoms with Crippen LogP contribution in [0, 0.1) is 27.7 Å². The van der Waals surface area contributed by atoms with Crippen molar-refractivity contribution >= 4 is 51.2 Å². The molecule has 7 aromatic heterocycles. The van der Waals surface area contributed by atoms with Gasteiger partial charge in [-0.1, -0.05) is 31.4 Å². The summed E-state index contributed by atoms with van der Waals surface area (Å²) in [5.41, 5.74) is 13.4. The molecule has 0 radical (unpaired) electrons. The van der Waals surface area contributed by atoms with E-state index in [9.17, 15) is 14.4 Å². The molecular weight excluding hydrogens is 897 g/mol. The molecule has 7 heterocycles. The minimum Gasteiger partial charge on any atom is -0.459 e. The molecule has 17 heteroatoms. The number of esters is 1. The van der Waals surface area contributed by atoms with E-state index in [2.05, 4.69) is 40.4 Å². The smallest absolute Gasteiger partial charge is 0.340 e. The van der Waals surface area contributed by atoms with Crippen LogP contribution in [-0.4, -0.2) is 87.0 Å². The number of aromatic nitrogens is 10. The van der Waals surface area contributed by atoms with E-state index in [4.69, 9.17) is 19.5 Å². The molecule has 0 saturated carbocycles. The number of carbonyl (C=O) groups excluding carboxylic acids is 3.